The second-order valence-electron chi connectivity index (χ2n) is 6.42. The van der Waals surface area contributed by atoms with Crippen LogP contribution in [-0.4, -0.2) is 44.3 Å². The van der Waals surface area contributed by atoms with Crippen molar-refractivity contribution in [1.29, 1.82) is 0 Å². The van der Waals surface area contributed by atoms with E-state index in [-0.39, 0.29) is 12.4 Å². The van der Waals surface area contributed by atoms with Crippen molar-refractivity contribution in [3.63, 3.8) is 0 Å². The second kappa shape index (κ2) is 9.94. The van der Waals surface area contributed by atoms with E-state index in [0.29, 0.717) is 24.3 Å². The lowest BCUT2D eigenvalue weighted by Gasteiger charge is -2.19. The number of aliphatic hydroxyl groups excluding tert-OH is 1. The molecule has 0 radical (unpaired) electrons. The van der Waals surface area contributed by atoms with Crippen LogP contribution in [0.4, 0.5) is 0 Å². The zero-order valence-corrected chi connectivity index (χ0v) is 15.7. The molecule has 0 aliphatic carbocycles. The molecule has 0 bridgehead atoms. The number of hydrogen-bond acceptors (Lipinski definition) is 4. The summed E-state index contributed by atoms with van der Waals surface area (Å²) in [5, 5.41) is 10.2. The monoisotopic (exact) mass is 358 g/mol. The van der Waals surface area contributed by atoms with E-state index in [0.717, 1.165) is 22.8 Å². The van der Waals surface area contributed by atoms with Gasteiger partial charge in [0, 0.05) is 17.5 Å². The molecule has 5 heteroatoms. The summed E-state index contributed by atoms with van der Waals surface area (Å²) >= 11 is 0. The average Bonchev–Trinajstić information content (AvgIpc) is 2.66. The van der Waals surface area contributed by atoms with Crippen LogP contribution < -0.4 is 14.4 Å². The molecular formula is C21H28NO4+. The minimum atomic E-state index is -0.582. The third kappa shape index (κ3) is 5.86. The van der Waals surface area contributed by atoms with E-state index in [1.807, 2.05) is 38.2 Å². The number of nitrogens with one attached hydrogen (secondary N) is 1. The summed E-state index contributed by atoms with van der Waals surface area (Å²) in [7, 11) is 3.69. The summed E-state index contributed by atoms with van der Waals surface area (Å²) in [6.45, 7) is 3.37. The minimum absolute atomic E-state index is 0.109. The molecule has 2 rings (SSSR count). The molecule has 2 N–H and O–H groups in total. The Labute approximate surface area is 155 Å². The first-order chi connectivity index (χ1) is 12.5. The predicted molar refractivity (Wildman–Crippen MR) is 101 cm³/mol. The maximum Gasteiger partial charge on any atom is 0.162 e. The number of ketones is 1. The number of rotatable bonds is 10. The van der Waals surface area contributed by atoms with Crippen LogP contribution in [0.25, 0.3) is 0 Å². The lowest BCUT2D eigenvalue weighted by Crippen LogP contribution is -3.09. The zero-order chi connectivity index (χ0) is 18.9. The molecule has 0 fully saturated rings. The van der Waals surface area contributed by atoms with Crippen molar-refractivity contribution in [2.75, 3.05) is 27.3 Å². The van der Waals surface area contributed by atoms with Gasteiger partial charge in [0.05, 0.1) is 14.2 Å². The van der Waals surface area contributed by atoms with Gasteiger partial charge in [-0.15, -0.1) is 0 Å². The fourth-order valence-electron chi connectivity index (χ4n) is 2.84. The molecule has 0 heterocycles. The molecule has 0 saturated carbocycles. The van der Waals surface area contributed by atoms with Crippen LogP contribution in [0, 0.1) is 0 Å². The van der Waals surface area contributed by atoms with Crippen molar-refractivity contribution < 1.29 is 24.3 Å². The molecule has 1 unspecified atom stereocenters. The van der Waals surface area contributed by atoms with Crippen LogP contribution in [0.15, 0.2) is 48.5 Å². The van der Waals surface area contributed by atoms with Crippen LogP contribution in [-0.2, 0) is 6.54 Å². The summed E-state index contributed by atoms with van der Waals surface area (Å²) in [6, 6.07) is 14.9. The molecule has 0 aromatic heterocycles. The van der Waals surface area contributed by atoms with Crippen molar-refractivity contribution in [2.24, 2.45) is 0 Å². The summed E-state index contributed by atoms with van der Waals surface area (Å²) in [4.78, 5) is 12.8. The zero-order valence-electron chi connectivity index (χ0n) is 15.7. The highest BCUT2D eigenvalue weighted by Gasteiger charge is 2.15. The maximum absolute atomic E-state index is 11.6. The number of Topliss-reactive ketones (excluding diaryl/α,β-unsaturated/α-hetero) is 1. The molecule has 0 saturated heterocycles. The summed E-state index contributed by atoms with van der Waals surface area (Å²) in [5.41, 5.74) is 1.79. The highest BCUT2D eigenvalue weighted by atomic mass is 16.5. The molecule has 2 atom stereocenters. The first-order valence-corrected chi connectivity index (χ1v) is 8.90. The van der Waals surface area contributed by atoms with Gasteiger partial charge in [0.15, 0.2) is 5.78 Å². The number of carbonyl (C=O) groups excluding carboxylic acids is 1. The largest absolute Gasteiger partial charge is 0.496 e. The van der Waals surface area contributed by atoms with E-state index in [1.54, 1.807) is 31.4 Å². The fourth-order valence-corrected chi connectivity index (χ4v) is 2.84. The Balaban J connectivity index is 1.80. The number of likely N-dealkylation sites (N-methyl/N-ethyl adjacent to an activating group) is 1. The smallest absolute Gasteiger partial charge is 0.162 e. The van der Waals surface area contributed by atoms with Gasteiger partial charge in [0.25, 0.3) is 0 Å². The number of para-hydroxylation sites is 1. The number of quaternary nitrogens is 1. The average molecular weight is 358 g/mol. The molecule has 2 aromatic carbocycles. The molecule has 2 aromatic rings. The third-order valence-electron chi connectivity index (χ3n) is 4.21. The van der Waals surface area contributed by atoms with Crippen LogP contribution in [0.3, 0.4) is 0 Å². The van der Waals surface area contributed by atoms with Gasteiger partial charge in [-0.3, -0.25) is 4.79 Å². The lowest BCUT2D eigenvalue weighted by atomic mass is 10.1. The Kier molecular flexibility index (Phi) is 7.63. The van der Waals surface area contributed by atoms with Gasteiger partial charge in [-0.1, -0.05) is 19.1 Å². The van der Waals surface area contributed by atoms with Gasteiger partial charge < -0.3 is 19.5 Å². The molecule has 26 heavy (non-hydrogen) atoms. The van der Waals surface area contributed by atoms with Gasteiger partial charge in [-0.05, 0) is 36.4 Å². The summed E-state index contributed by atoms with van der Waals surface area (Å²) in [5.74, 6) is 1.62. The number of hydrogen-bond donors (Lipinski definition) is 2. The highest BCUT2D eigenvalue weighted by Crippen LogP contribution is 2.16. The number of benzene rings is 2. The Morgan fingerprint density at radius 1 is 1.15 bits per heavy atom. The first-order valence-electron chi connectivity index (χ1n) is 8.90. The molecule has 0 amide bonds. The van der Waals surface area contributed by atoms with Crippen LogP contribution in [0.1, 0.15) is 29.3 Å². The minimum Gasteiger partial charge on any atom is -0.496 e. The number of aliphatic hydroxyl groups is 1. The molecular weight excluding hydrogens is 330 g/mol. The normalized spacial score (nSPS) is 13.1. The quantitative estimate of drug-likeness (QED) is 0.635. The number of ether oxygens (including phenoxy) is 2. The SMILES string of the molecule is CCC(=O)c1ccc(OC[C@@H](O)C[NH+](C)Cc2ccccc2OC)cc1. The Morgan fingerprint density at radius 3 is 2.50 bits per heavy atom. The van der Waals surface area contributed by atoms with Crippen LogP contribution in [0.5, 0.6) is 11.5 Å². The van der Waals surface area contributed by atoms with Crippen LogP contribution in [0.2, 0.25) is 0 Å². The fraction of sp³-hybridized carbons (Fsp3) is 0.381. The van der Waals surface area contributed by atoms with E-state index >= 15 is 0 Å². The van der Waals surface area contributed by atoms with E-state index < -0.39 is 6.10 Å². The van der Waals surface area contributed by atoms with Gasteiger partial charge in [-0.25, -0.2) is 0 Å². The van der Waals surface area contributed by atoms with E-state index in [2.05, 4.69) is 0 Å². The molecule has 5 nitrogen and oxygen atoms in total. The topological polar surface area (TPSA) is 60.2 Å². The van der Waals surface area contributed by atoms with Gasteiger partial charge in [0.1, 0.15) is 37.3 Å². The van der Waals surface area contributed by atoms with Crippen molar-refractivity contribution in [2.45, 2.75) is 26.0 Å². The highest BCUT2D eigenvalue weighted by molar-refractivity contribution is 5.95. The van der Waals surface area contributed by atoms with E-state index in [1.165, 1.54) is 0 Å². The number of methoxy groups -OCH3 is 1. The van der Waals surface area contributed by atoms with Gasteiger partial charge in [0.2, 0.25) is 0 Å². The maximum atomic E-state index is 11.6. The molecule has 0 spiro atoms. The van der Waals surface area contributed by atoms with Crippen LogP contribution >= 0.6 is 0 Å². The van der Waals surface area contributed by atoms with E-state index in [4.69, 9.17) is 9.47 Å². The Hall–Kier alpha value is -2.37. The third-order valence-corrected chi connectivity index (χ3v) is 4.21. The van der Waals surface area contributed by atoms with Crippen molar-refractivity contribution in [3.05, 3.63) is 59.7 Å². The summed E-state index contributed by atoms with van der Waals surface area (Å²) in [6.07, 6.45) is -0.0955. The van der Waals surface area contributed by atoms with Crippen molar-refractivity contribution in [3.8, 4) is 11.5 Å². The molecule has 140 valence electrons. The molecule has 0 aliphatic rings. The van der Waals surface area contributed by atoms with Crippen molar-refractivity contribution >= 4 is 5.78 Å². The lowest BCUT2D eigenvalue weighted by molar-refractivity contribution is -0.897. The second-order valence-corrected chi connectivity index (χ2v) is 6.42. The first kappa shape index (κ1) is 19.9. The van der Waals surface area contributed by atoms with Crippen molar-refractivity contribution in [1.82, 2.24) is 0 Å². The standard InChI is InChI=1S/C21H27NO4/c1-4-20(24)16-9-11-19(12-10-16)26-15-18(23)14-22(2)13-17-7-5-6-8-21(17)25-3/h5-12,18,23H,4,13-15H2,1-3H3/p+1/t18-/m0/s1. The van der Waals surface area contributed by atoms with Gasteiger partial charge in [-0.2, -0.15) is 0 Å². The molecule has 0 aliphatic heterocycles. The summed E-state index contributed by atoms with van der Waals surface area (Å²) < 4.78 is 11.0. The van der Waals surface area contributed by atoms with E-state index in [9.17, 15) is 9.90 Å². The predicted octanol–water partition coefficient (Wildman–Crippen LogP) is 1.74. The Bertz CT molecular complexity index is 699. The Morgan fingerprint density at radius 2 is 1.85 bits per heavy atom. The van der Waals surface area contributed by atoms with Gasteiger partial charge >= 0.3 is 0 Å². The number of carbonyl (C=O) groups is 1.